The number of halogens is 1. The van der Waals surface area contributed by atoms with Gasteiger partial charge in [-0.1, -0.05) is 60.1 Å². The molecule has 0 radical (unpaired) electrons. The van der Waals surface area contributed by atoms with Gasteiger partial charge in [-0.3, -0.25) is 4.57 Å². The fourth-order valence-electron chi connectivity index (χ4n) is 3.08. The SMILES string of the molecule is CCOC(=Nc1ccc(Cl)cc1)n1c(-c2ccccc2)cc2ccccc21. The predicted octanol–water partition coefficient (Wildman–Crippen LogP) is 6.53. The Hall–Kier alpha value is -3.04. The molecule has 0 unspecified atom stereocenters. The Balaban J connectivity index is 1.95. The van der Waals surface area contributed by atoms with Gasteiger partial charge >= 0.3 is 6.02 Å². The molecule has 0 aliphatic carbocycles. The summed E-state index contributed by atoms with van der Waals surface area (Å²) in [6, 6.07) is 28.7. The van der Waals surface area contributed by atoms with E-state index in [1.54, 1.807) is 0 Å². The summed E-state index contributed by atoms with van der Waals surface area (Å²) in [5.41, 5.74) is 3.99. The standard InChI is InChI=1S/C23H19ClN2O/c1-2-27-23(25-20-14-12-19(24)13-15-20)26-21-11-7-6-10-18(21)16-22(26)17-8-4-3-5-9-17/h3-16H,2H2,1H3. The highest BCUT2D eigenvalue weighted by Crippen LogP contribution is 2.29. The molecule has 0 bridgehead atoms. The van der Waals surface area contributed by atoms with Crippen LogP contribution in [-0.2, 0) is 4.74 Å². The Kier molecular flexibility index (Phi) is 4.95. The first kappa shape index (κ1) is 17.4. The van der Waals surface area contributed by atoms with Crippen LogP contribution in [0.25, 0.3) is 22.2 Å². The number of nitrogens with zero attached hydrogens (tertiary/aromatic N) is 2. The van der Waals surface area contributed by atoms with Crippen LogP contribution in [0.3, 0.4) is 0 Å². The molecule has 0 aliphatic heterocycles. The van der Waals surface area contributed by atoms with Gasteiger partial charge in [0.15, 0.2) is 0 Å². The number of para-hydroxylation sites is 1. The molecule has 0 N–H and O–H groups in total. The molecule has 0 saturated heterocycles. The van der Waals surface area contributed by atoms with Crippen LogP contribution in [0.2, 0.25) is 5.02 Å². The van der Waals surface area contributed by atoms with Crippen LogP contribution >= 0.6 is 11.6 Å². The summed E-state index contributed by atoms with van der Waals surface area (Å²) < 4.78 is 8.04. The number of hydrogen-bond acceptors (Lipinski definition) is 2. The van der Waals surface area contributed by atoms with E-state index >= 15 is 0 Å². The molecule has 134 valence electrons. The summed E-state index contributed by atoms with van der Waals surface area (Å²) in [5, 5.41) is 1.82. The lowest BCUT2D eigenvalue weighted by molar-refractivity contribution is 0.314. The number of hydrogen-bond donors (Lipinski definition) is 0. The van der Waals surface area contributed by atoms with Crippen molar-refractivity contribution in [1.29, 1.82) is 0 Å². The third kappa shape index (κ3) is 3.60. The first-order chi connectivity index (χ1) is 13.3. The summed E-state index contributed by atoms with van der Waals surface area (Å²) >= 11 is 6.01. The van der Waals surface area contributed by atoms with E-state index in [0.717, 1.165) is 27.8 Å². The highest BCUT2D eigenvalue weighted by atomic mass is 35.5. The van der Waals surface area contributed by atoms with Crippen LogP contribution in [0.5, 0.6) is 0 Å². The highest BCUT2D eigenvalue weighted by molar-refractivity contribution is 6.30. The van der Waals surface area contributed by atoms with E-state index in [1.807, 2.05) is 61.5 Å². The van der Waals surface area contributed by atoms with E-state index in [-0.39, 0.29) is 0 Å². The van der Waals surface area contributed by atoms with Gasteiger partial charge in [0.05, 0.1) is 23.5 Å². The number of aromatic nitrogens is 1. The molecule has 4 aromatic rings. The minimum atomic E-state index is 0.521. The normalized spacial score (nSPS) is 11.7. The number of fused-ring (bicyclic) bond motifs is 1. The van der Waals surface area contributed by atoms with Gasteiger partial charge in [-0.2, -0.15) is 4.99 Å². The third-order valence-electron chi connectivity index (χ3n) is 4.30. The van der Waals surface area contributed by atoms with E-state index in [2.05, 4.69) is 34.9 Å². The summed E-state index contributed by atoms with van der Waals surface area (Å²) in [6.07, 6.45) is 0. The van der Waals surface area contributed by atoms with Gasteiger partial charge in [-0.15, -0.1) is 0 Å². The zero-order valence-electron chi connectivity index (χ0n) is 15.0. The van der Waals surface area contributed by atoms with E-state index in [0.29, 0.717) is 17.7 Å². The van der Waals surface area contributed by atoms with E-state index < -0.39 is 0 Å². The molecule has 4 heteroatoms. The first-order valence-electron chi connectivity index (χ1n) is 8.89. The van der Waals surface area contributed by atoms with E-state index in [9.17, 15) is 0 Å². The Labute approximate surface area is 163 Å². The molecule has 3 aromatic carbocycles. The molecule has 1 heterocycles. The number of rotatable bonds is 3. The summed E-state index contributed by atoms with van der Waals surface area (Å²) in [6.45, 7) is 2.48. The number of aliphatic imine (C=N–C) groups is 1. The zero-order valence-corrected chi connectivity index (χ0v) is 15.7. The molecule has 0 spiro atoms. The smallest absolute Gasteiger partial charge is 0.301 e. The van der Waals surface area contributed by atoms with Gasteiger partial charge < -0.3 is 4.74 Å². The largest absolute Gasteiger partial charge is 0.465 e. The summed E-state index contributed by atoms with van der Waals surface area (Å²) in [5.74, 6) is 0. The third-order valence-corrected chi connectivity index (χ3v) is 4.55. The Morgan fingerprint density at radius 3 is 2.37 bits per heavy atom. The van der Waals surface area contributed by atoms with Crippen molar-refractivity contribution in [3.05, 3.63) is 90.0 Å². The highest BCUT2D eigenvalue weighted by Gasteiger charge is 2.16. The lowest BCUT2D eigenvalue weighted by Gasteiger charge is -2.14. The van der Waals surface area contributed by atoms with Gasteiger partial charge in [-0.25, -0.2) is 0 Å². The van der Waals surface area contributed by atoms with Gasteiger partial charge in [-0.05, 0) is 48.9 Å². The Morgan fingerprint density at radius 2 is 1.63 bits per heavy atom. The average Bonchev–Trinajstić information content (AvgIpc) is 3.09. The van der Waals surface area contributed by atoms with Crippen molar-refractivity contribution in [2.24, 2.45) is 4.99 Å². The quantitative estimate of drug-likeness (QED) is 0.295. The average molecular weight is 375 g/mol. The molecule has 0 aliphatic rings. The topological polar surface area (TPSA) is 26.5 Å². The molecule has 1 aromatic heterocycles. The van der Waals surface area contributed by atoms with Gasteiger partial charge in [0.2, 0.25) is 0 Å². The minimum absolute atomic E-state index is 0.521. The summed E-state index contributed by atoms with van der Waals surface area (Å²) in [4.78, 5) is 4.77. The van der Waals surface area contributed by atoms with Crippen LogP contribution in [0.15, 0.2) is 89.9 Å². The maximum atomic E-state index is 6.01. The van der Waals surface area contributed by atoms with Crippen molar-refractivity contribution >= 4 is 34.2 Å². The number of benzene rings is 3. The van der Waals surface area contributed by atoms with Gasteiger partial charge in [0, 0.05) is 10.4 Å². The van der Waals surface area contributed by atoms with Crippen molar-refractivity contribution in [1.82, 2.24) is 4.57 Å². The van der Waals surface area contributed by atoms with Crippen LogP contribution in [0, 0.1) is 0 Å². The van der Waals surface area contributed by atoms with Gasteiger partial charge in [0.25, 0.3) is 0 Å². The molecule has 0 atom stereocenters. The molecule has 27 heavy (non-hydrogen) atoms. The van der Waals surface area contributed by atoms with E-state index in [1.165, 1.54) is 0 Å². The molecule has 4 rings (SSSR count). The first-order valence-corrected chi connectivity index (χ1v) is 9.27. The minimum Gasteiger partial charge on any atom is -0.465 e. The molecule has 0 fully saturated rings. The van der Waals surface area contributed by atoms with E-state index in [4.69, 9.17) is 21.3 Å². The van der Waals surface area contributed by atoms with Crippen LogP contribution in [-0.4, -0.2) is 17.2 Å². The van der Waals surface area contributed by atoms with Crippen LogP contribution in [0.1, 0.15) is 6.92 Å². The van der Waals surface area contributed by atoms with Gasteiger partial charge in [0.1, 0.15) is 0 Å². The van der Waals surface area contributed by atoms with Crippen molar-refractivity contribution in [3.8, 4) is 11.3 Å². The second kappa shape index (κ2) is 7.68. The van der Waals surface area contributed by atoms with Crippen molar-refractivity contribution in [2.45, 2.75) is 6.92 Å². The monoisotopic (exact) mass is 374 g/mol. The lowest BCUT2D eigenvalue weighted by atomic mass is 10.1. The fraction of sp³-hybridized carbons (Fsp3) is 0.0870. The molecule has 0 amide bonds. The fourth-order valence-corrected chi connectivity index (χ4v) is 3.21. The van der Waals surface area contributed by atoms with Crippen LogP contribution < -0.4 is 0 Å². The van der Waals surface area contributed by atoms with Crippen molar-refractivity contribution in [2.75, 3.05) is 6.61 Å². The van der Waals surface area contributed by atoms with Crippen molar-refractivity contribution in [3.63, 3.8) is 0 Å². The molecular formula is C23H19ClN2O. The Morgan fingerprint density at radius 1 is 0.926 bits per heavy atom. The summed E-state index contributed by atoms with van der Waals surface area (Å²) in [7, 11) is 0. The second-order valence-corrected chi connectivity index (χ2v) is 6.53. The molecule has 0 saturated carbocycles. The molecular weight excluding hydrogens is 356 g/mol. The van der Waals surface area contributed by atoms with Crippen molar-refractivity contribution < 1.29 is 4.74 Å². The lowest BCUT2D eigenvalue weighted by Crippen LogP contribution is -2.16. The predicted molar refractivity (Wildman–Crippen MR) is 113 cm³/mol. The number of ether oxygens (including phenoxy) is 1. The van der Waals surface area contributed by atoms with Crippen LogP contribution in [0.4, 0.5) is 5.69 Å². The maximum Gasteiger partial charge on any atom is 0.301 e. The zero-order chi connectivity index (χ0) is 18.6. The Bertz CT molecular complexity index is 1080. The maximum absolute atomic E-state index is 6.01. The second-order valence-electron chi connectivity index (χ2n) is 6.09. The molecule has 3 nitrogen and oxygen atoms in total.